The molecule has 0 aliphatic carbocycles. The Labute approximate surface area is 84.3 Å². The summed E-state index contributed by atoms with van der Waals surface area (Å²) in [7, 11) is 2.02. The number of nitrogens with two attached hydrogens (primary N) is 1. The fourth-order valence-corrected chi connectivity index (χ4v) is 1.17. The van der Waals surface area contributed by atoms with E-state index in [1.807, 2.05) is 14.0 Å². The third-order valence-electron chi connectivity index (χ3n) is 1.96. The average molecular weight is 198 g/mol. The molecule has 0 aliphatic heterocycles. The summed E-state index contributed by atoms with van der Waals surface area (Å²) < 4.78 is 5.39. The monoisotopic (exact) mass is 198 g/mol. The Bertz CT molecular complexity index is 261. The van der Waals surface area contributed by atoms with Gasteiger partial charge in [0.2, 0.25) is 11.8 Å². The number of rotatable bonds is 6. The maximum absolute atomic E-state index is 5.42. The van der Waals surface area contributed by atoms with Gasteiger partial charge in [-0.3, -0.25) is 4.90 Å². The Kier molecular flexibility index (Phi) is 4.55. The van der Waals surface area contributed by atoms with E-state index in [9.17, 15) is 0 Å². The number of aromatic nitrogens is 2. The van der Waals surface area contributed by atoms with Crippen molar-refractivity contribution < 1.29 is 4.42 Å². The minimum atomic E-state index is 0.682. The first-order chi connectivity index (χ1) is 6.76. The van der Waals surface area contributed by atoms with Crippen molar-refractivity contribution in [2.24, 2.45) is 5.73 Å². The number of hydrogen-bond acceptors (Lipinski definition) is 5. The SMILES string of the molecule is CCc1nnc(CN(C)CCCN)o1. The van der Waals surface area contributed by atoms with Crippen LogP contribution in [0.3, 0.4) is 0 Å². The minimum Gasteiger partial charge on any atom is -0.424 e. The maximum atomic E-state index is 5.42. The van der Waals surface area contributed by atoms with Gasteiger partial charge in [0.05, 0.1) is 6.54 Å². The number of nitrogens with zero attached hydrogens (tertiary/aromatic N) is 3. The lowest BCUT2D eigenvalue weighted by atomic mass is 10.4. The Morgan fingerprint density at radius 3 is 2.64 bits per heavy atom. The molecule has 1 aromatic rings. The zero-order chi connectivity index (χ0) is 10.4. The van der Waals surface area contributed by atoms with E-state index >= 15 is 0 Å². The first-order valence-electron chi connectivity index (χ1n) is 4.96. The lowest BCUT2D eigenvalue weighted by Gasteiger charge is -2.12. The summed E-state index contributed by atoms with van der Waals surface area (Å²) in [6, 6.07) is 0. The third-order valence-corrected chi connectivity index (χ3v) is 1.96. The standard InChI is InChI=1S/C9H18N4O/c1-3-8-11-12-9(14-8)7-13(2)6-4-5-10/h3-7,10H2,1-2H3. The van der Waals surface area contributed by atoms with E-state index in [1.54, 1.807) is 0 Å². The van der Waals surface area contributed by atoms with Crippen LogP contribution in [0.1, 0.15) is 25.1 Å². The molecule has 5 nitrogen and oxygen atoms in total. The van der Waals surface area contributed by atoms with E-state index in [1.165, 1.54) is 0 Å². The lowest BCUT2D eigenvalue weighted by molar-refractivity contribution is 0.283. The van der Waals surface area contributed by atoms with Gasteiger partial charge in [-0.25, -0.2) is 0 Å². The van der Waals surface area contributed by atoms with E-state index in [0.717, 1.165) is 19.4 Å². The Hall–Kier alpha value is -0.940. The van der Waals surface area contributed by atoms with Crippen LogP contribution in [-0.4, -0.2) is 35.2 Å². The van der Waals surface area contributed by atoms with E-state index in [0.29, 0.717) is 24.9 Å². The molecular weight excluding hydrogens is 180 g/mol. The van der Waals surface area contributed by atoms with E-state index in [-0.39, 0.29) is 0 Å². The Morgan fingerprint density at radius 1 is 1.36 bits per heavy atom. The minimum absolute atomic E-state index is 0.682. The van der Waals surface area contributed by atoms with Crippen LogP contribution in [0.25, 0.3) is 0 Å². The summed E-state index contributed by atoms with van der Waals surface area (Å²) in [5.74, 6) is 1.38. The van der Waals surface area contributed by atoms with Crippen LogP contribution in [0, 0.1) is 0 Å². The highest BCUT2D eigenvalue weighted by Gasteiger charge is 2.06. The fourth-order valence-electron chi connectivity index (χ4n) is 1.17. The largest absolute Gasteiger partial charge is 0.424 e. The van der Waals surface area contributed by atoms with Crippen LogP contribution >= 0.6 is 0 Å². The molecule has 0 aliphatic rings. The van der Waals surface area contributed by atoms with Crippen LogP contribution in [-0.2, 0) is 13.0 Å². The van der Waals surface area contributed by atoms with E-state index in [4.69, 9.17) is 10.2 Å². The molecule has 1 rings (SSSR count). The molecule has 0 fully saturated rings. The smallest absolute Gasteiger partial charge is 0.230 e. The number of hydrogen-bond donors (Lipinski definition) is 1. The molecule has 5 heteroatoms. The normalized spacial score (nSPS) is 11.1. The second-order valence-corrected chi connectivity index (χ2v) is 3.32. The van der Waals surface area contributed by atoms with Crippen molar-refractivity contribution in [1.29, 1.82) is 0 Å². The van der Waals surface area contributed by atoms with Gasteiger partial charge in [-0.15, -0.1) is 10.2 Å². The molecule has 1 aromatic heterocycles. The van der Waals surface area contributed by atoms with Gasteiger partial charge in [0, 0.05) is 6.42 Å². The van der Waals surface area contributed by atoms with E-state index in [2.05, 4.69) is 15.1 Å². The second kappa shape index (κ2) is 5.72. The van der Waals surface area contributed by atoms with Crippen molar-refractivity contribution >= 4 is 0 Å². The van der Waals surface area contributed by atoms with Crippen molar-refractivity contribution in [3.8, 4) is 0 Å². The van der Waals surface area contributed by atoms with Gasteiger partial charge in [-0.05, 0) is 26.6 Å². The highest BCUT2D eigenvalue weighted by molar-refractivity contribution is 4.80. The molecule has 0 aromatic carbocycles. The van der Waals surface area contributed by atoms with Gasteiger partial charge in [0.25, 0.3) is 0 Å². The van der Waals surface area contributed by atoms with Crippen LogP contribution in [0.2, 0.25) is 0 Å². The molecule has 0 saturated heterocycles. The topological polar surface area (TPSA) is 68.2 Å². The summed E-state index contributed by atoms with van der Waals surface area (Å²) in [5.41, 5.74) is 5.42. The molecule has 2 N–H and O–H groups in total. The number of aryl methyl sites for hydroxylation is 1. The van der Waals surface area contributed by atoms with Crippen LogP contribution in [0.4, 0.5) is 0 Å². The molecule has 1 heterocycles. The zero-order valence-electron chi connectivity index (χ0n) is 8.86. The molecule has 0 spiro atoms. The van der Waals surface area contributed by atoms with Crippen LogP contribution in [0.15, 0.2) is 4.42 Å². The van der Waals surface area contributed by atoms with Crippen molar-refractivity contribution in [3.05, 3.63) is 11.8 Å². The van der Waals surface area contributed by atoms with Crippen molar-refractivity contribution in [2.75, 3.05) is 20.1 Å². The van der Waals surface area contributed by atoms with Gasteiger partial charge >= 0.3 is 0 Å². The highest BCUT2D eigenvalue weighted by atomic mass is 16.4. The summed E-state index contributed by atoms with van der Waals surface area (Å²) in [5, 5.41) is 7.85. The third kappa shape index (κ3) is 3.43. The second-order valence-electron chi connectivity index (χ2n) is 3.32. The van der Waals surface area contributed by atoms with E-state index < -0.39 is 0 Å². The van der Waals surface area contributed by atoms with Crippen molar-refractivity contribution in [3.63, 3.8) is 0 Å². The molecule has 14 heavy (non-hydrogen) atoms. The zero-order valence-corrected chi connectivity index (χ0v) is 8.86. The van der Waals surface area contributed by atoms with Crippen molar-refractivity contribution in [2.45, 2.75) is 26.3 Å². The molecular formula is C9H18N4O. The first-order valence-corrected chi connectivity index (χ1v) is 4.96. The van der Waals surface area contributed by atoms with Gasteiger partial charge in [0.1, 0.15) is 0 Å². The van der Waals surface area contributed by atoms with Gasteiger partial charge in [-0.1, -0.05) is 6.92 Å². The Balaban J connectivity index is 2.35. The summed E-state index contributed by atoms with van der Waals surface area (Å²) in [6.07, 6.45) is 1.78. The Morgan fingerprint density at radius 2 is 2.07 bits per heavy atom. The highest BCUT2D eigenvalue weighted by Crippen LogP contribution is 2.03. The summed E-state index contributed by atoms with van der Waals surface area (Å²) >= 11 is 0. The predicted octanol–water partition coefficient (Wildman–Crippen LogP) is 0.413. The molecule has 0 saturated carbocycles. The van der Waals surface area contributed by atoms with Gasteiger partial charge in [0.15, 0.2) is 0 Å². The fraction of sp³-hybridized carbons (Fsp3) is 0.778. The average Bonchev–Trinajstić information content (AvgIpc) is 2.62. The molecule has 0 amide bonds. The lowest BCUT2D eigenvalue weighted by Crippen LogP contribution is -2.21. The molecule has 0 unspecified atom stereocenters. The van der Waals surface area contributed by atoms with Gasteiger partial charge < -0.3 is 10.2 Å². The van der Waals surface area contributed by atoms with Crippen molar-refractivity contribution in [1.82, 2.24) is 15.1 Å². The molecule has 0 bridgehead atoms. The van der Waals surface area contributed by atoms with Crippen LogP contribution < -0.4 is 5.73 Å². The molecule has 0 radical (unpaired) electrons. The maximum Gasteiger partial charge on any atom is 0.230 e. The summed E-state index contributed by atoms with van der Waals surface area (Å²) in [6.45, 7) is 4.37. The quantitative estimate of drug-likeness (QED) is 0.717. The van der Waals surface area contributed by atoms with Gasteiger partial charge in [-0.2, -0.15) is 0 Å². The molecule has 80 valence electrons. The van der Waals surface area contributed by atoms with Crippen LogP contribution in [0.5, 0.6) is 0 Å². The summed E-state index contributed by atoms with van der Waals surface area (Å²) in [4.78, 5) is 2.12. The predicted molar refractivity (Wildman–Crippen MR) is 53.7 cm³/mol. The first kappa shape index (κ1) is 11.1. The molecule has 0 atom stereocenters.